The smallest absolute Gasteiger partial charge is 0.309 e. The van der Waals surface area contributed by atoms with Crippen molar-refractivity contribution < 1.29 is 9.76 Å². The molecule has 4 aromatic carbocycles. The van der Waals surface area contributed by atoms with Crippen LogP contribution in [0.3, 0.4) is 0 Å². The average Bonchev–Trinajstić information content (AvgIpc) is 2.83. The Morgan fingerprint density at radius 1 is 0.545 bits per heavy atom. The molecule has 2 nitrogen and oxygen atoms in total. The predicted molar refractivity (Wildman–Crippen MR) is 141 cm³/mol. The Morgan fingerprint density at radius 3 is 1.61 bits per heavy atom. The number of hydrogen-bond donors (Lipinski definition) is 1. The molecule has 166 valence electrons. The molecule has 0 amide bonds. The fourth-order valence-electron chi connectivity index (χ4n) is 3.65. The number of aliphatic hydroxyl groups is 1. The molecule has 0 fully saturated rings. The summed E-state index contributed by atoms with van der Waals surface area (Å²) < 4.78 is 6.06. The van der Waals surface area contributed by atoms with Crippen molar-refractivity contribution >= 4 is 12.9 Å². The van der Waals surface area contributed by atoms with E-state index in [1.165, 1.54) is 27.8 Å². The first-order valence-corrected chi connectivity index (χ1v) is 11.4. The summed E-state index contributed by atoms with van der Waals surface area (Å²) in [6.45, 7) is 7.40. The third kappa shape index (κ3) is 5.44. The predicted octanol–water partition coefficient (Wildman–Crippen LogP) is 6.23. The molecule has 0 aromatic heterocycles. The molecule has 0 aliphatic rings. The zero-order chi connectivity index (χ0) is 23.5. The molecule has 0 unspecified atom stereocenters. The second-order valence-electron chi connectivity index (χ2n) is 9.58. The van der Waals surface area contributed by atoms with Crippen molar-refractivity contribution in [3.05, 3.63) is 103 Å². The lowest BCUT2D eigenvalue weighted by molar-refractivity contribution is -0.0893. The molecule has 0 aliphatic heterocycles. The van der Waals surface area contributed by atoms with Gasteiger partial charge in [-0.05, 0) is 67.1 Å². The highest BCUT2D eigenvalue weighted by molar-refractivity contribution is 6.47. The van der Waals surface area contributed by atoms with E-state index in [4.69, 9.17) is 4.65 Å². The summed E-state index contributed by atoms with van der Waals surface area (Å²) in [6, 6.07) is 36.2. The zero-order valence-electron chi connectivity index (χ0n) is 19.9. The van der Waals surface area contributed by atoms with E-state index in [1.807, 2.05) is 19.9 Å². The highest BCUT2D eigenvalue weighted by atomic mass is 16.5. The first-order valence-electron chi connectivity index (χ1n) is 11.4. The molecule has 4 rings (SSSR count). The third-order valence-electron chi connectivity index (χ3n) is 6.52. The van der Waals surface area contributed by atoms with Gasteiger partial charge in [0.15, 0.2) is 0 Å². The van der Waals surface area contributed by atoms with E-state index in [1.54, 1.807) is 13.8 Å². The molecular formula is C30H31BO2. The van der Waals surface area contributed by atoms with Gasteiger partial charge in [0.05, 0.1) is 11.2 Å². The molecule has 0 aliphatic carbocycles. The molecule has 0 radical (unpaired) electrons. The standard InChI is InChI=1S/C30H31BO2/c1-29(2,32)30(3,4)33-31-28-15-9-14-27(21-28)26-13-8-12-25(20-26)24-18-16-23(17-19-24)22-10-6-5-7-11-22/h5-21,31-32H,1-4H3. The molecule has 0 bridgehead atoms. The SMILES string of the molecule is CC(C)(O)C(C)(C)OBc1cccc(-c2cccc(-c3ccc(-c4ccccc4)cc3)c2)c1. The Kier molecular flexibility index (Phi) is 6.55. The Labute approximate surface area is 198 Å². The van der Waals surface area contributed by atoms with Gasteiger partial charge in [0.1, 0.15) is 0 Å². The lowest BCUT2D eigenvalue weighted by Crippen LogP contribution is -2.49. The summed E-state index contributed by atoms with van der Waals surface area (Å²) in [6.07, 6.45) is 0. The molecule has 0 spiro atoms. The summed E-state index contributed by atoms with van der Waals surface area (Å²) in [7, 11) is 0.450. The van der Waals surface area contributed by atoms with E-state index in [0.717, 1.165) is 11.0 Å². The second-order valence-corrected chi connectivity index (χ2v) is 9.58. The fourth-order valence-corrected chi connectivity index (χ4v) is 3.65. The van der Waals surface area contributed by atoms with Gasteiger partial charge in [-0.25, -0.2) is 0 Å². The van der Waals surface area contributed by atoms with Gasteiger partial charge in [-0.3, -0.25) is 0 Å². The van der Waals surface area contributed by atoms with Crippen LogP contribution in [-0.4, -0.2) is 23.8 Å². The Morgan fingerprint density at radius 2 is 1.00 bits per heavy atom. The van der Waals surface area contributed by atoms with Gasteiger partial charge in [0, 0.05) is 0 Å². The van der Waals surface area contributed by atoms with Gasteiger partial charge in [0.2, 0.25) is 0 Å². The maximum absolute atomic E-state index is 10.4. The molecular weight excluding hydrogens is 403 g/mol. The van der Waals surface area contributed by atoms with E-state index in [-0.39, 0.29) is 0 Å². The van der Waals surface area contributed by atoms with Crippen molar-refractivity contribution in [2.24, 2.45) is 0 Å². The van der Waals surface area contributed by atoms with Crippen LogP contribution in [0.4, 0.5) is 0 Å². The quantitative estimate of drug-likeness (QED) is 0.350. The van der Waals surface area contributed by atoms with Gasteiger partial charge in [-0.1, -0.05) is 103 Å². The lowest BCUT2D eigenvalue weighted by atomic mass is 9.81. The molecule has 0 saturated carbocycles. The van der Waals surface area contributed by atoms with Crippen LogP contribution < -0.4 is 5.46 Å². The molecule has 1 N–H and O–H groups in total. The molecule has 0 atom stereocenters. The lowest BCUT2D eigenvalue weighted by Gasteiger charge is -2.37. The van der Waals surface area contributed by atoms with E-state index < -0.39 is 11.2 Å². The van der Waals surface area contributed by atoms with Crippen LogP contribution in [0.5, 0.6) is 0 Å². The maximum atomic E-state index is 10.4. The highest BCUT2D eigenvalue weighted by Crippen LogP contribution is 2.29. The summed E-state index contributed by atoms with van der Waals surface area (Å²) in [4.78, 5) is 0. The first kappa shape index (κ1) is 23.0. The van der Waals surface area contributed by atoms with Crippen molar-refractivity contribution in [1.82, 2.24) is 0 Å². The summed E-state index contributed by atoms with van der Waals surface area (Å²) in [5.41, 5.74) is 6.68. The van der Waals surface area contributed by atoms with Crippen LogP contribution in [0.25, 0.3) is 33.4 Å². The van der Waals surface area contributed by atoms with E-state index in [0.29, 0.717) is 7.48 Å². The zero-order valence-corrected chi connectivity index (χ0v) is 19.9. The third-order valence-corrected chi connectivity index (χ3v) is 6.52. The van der Waals surface area contributed by atoms with Crippen molar-refractivity contribution in [2.45, 2.75) is 38.9 Å². The molecule has 0 saturated heterocycles. The van der Waals surface area contributed by atoms with Crippen molar-refractivity contribution in [3.8, 4) is 33.4 Å². The summed E-state index contributed by atoms with van der Waals surface area (Å²) in [5, 5.41) is 10.4. The van der Waals surface area contributed by atoms with E-state index in [2.05, 4.69) is 97.1 Å². The Balaban J connectivity index is 1.54. The van der Waals surface area contributed by atoms with Crippen LogP contribution in [0.15, 0.2) is 103 Å². The van der Waals surface area contributed by atoms with Gasteiger partial charge in [-0.2, -0.15) is 0 Å². The van der Waals surface area contributed by atoms with Gasteiger partial charge in [0.25, 0.3) is 0 Å². The monoisotopic (exact) mass is 434 g/mol. The largest absolute Gasteiger partial charge is 0.427 e. The van der Waals surface area contributed by atoms with Gasteiger partial charge < -0.3 is 9.76 Å². The maximum Gasteiger partial charge on any atom is 0.309 e. The summed E-state index contributed by atoms with van der Waals surface area (Å²) >= 11 is 0. The van der Waals surface area contributed by atoms with Gasteiger partial charge >= 0.3 is 7.48 Å². The first-order chi connectivity index (χ1) is 15.7. The molecule has 3 heteroatoms. The number of hydrogen-bond acceptors (Lipinski definition) is 2. The highest BCUT2D eigenvalue weighted by Gasteiger charge is 2.35. The fraction of sp³-hybridized carbons (Fsp3) is 0.200. The minimum Gasteiger partial charge on any atom is -0.427 e. The minimum absolute atomic E-state index is 0.450. The van der Waals surface area contributed by atoms with Crippen molar-refractivity contribution in [1.29, 1.82) is 0 Å². The normalized spacial score (nSPS) is 11.9. The van der Waals surface area contributed by atoms with Crippen LogP contribution in [-0.2, 0) is 4.65 Å². The molecule has 33 heavy (non-hydrogen) atoms. The van der Waals surface area contributed by atoms with Crippen LogP contribution in [0.2, 0.25) is 0 Å². The topological polar surface area (TPSA) is 29.5 Å². The van der Waals surface area contributed by atoms with Crippen molar-refractivity contribution in [2.75, 3.05) is 0 Å². The van der Waals surface area contributed by atoms with E-state index >= 15 is 0 Å². The van der Waals surface area contributed by atoms with Gasteiger partial charge in [-0.15, -0.1) is 0 Å². The van der Waals surface area contributed by atoms with Crippen LogP contribution >= 0.6 is 0 Å². The number of benzene rings is 4. The van der Waals surface area contributed by atoms with Crippen molar-refractivity contribution in [3.63, 3.8) is 0 Å². The number of rotatable bonds is 7. The Hall–Kier alpha value is -3.14. The van der Waals surface area contributed by atoms with Crippen LogP contribution in [0, 0.1) is 0 Å². The molecule has 4 aromatic rings. The average molecular weight is 434 g/mol. The van der Waals surface area contributed by atoms with E-state index in [9.17, 15) is 5.11 Å². The Bertz CT molecular complexity index is 1210. The molecule has 0 heterocycles. The minimum atomic E-state index is -0.922. The van der Waals surface area contributed by atoms with Crippen LogP contribution in [0.1, 0.15) is 27.7 Å². The second kappa shape index (κ2) is 9.39. The summed E-state index contributed by atoms with van der Waals surface area (Å²) in [5.74, 6) is 0.